The van der Waals surface area contributed by atoms with Crippen molar-refractivity contribution in [3.63, 3.8) is 0 Å². The van der Waals surface area contributed by atoms with E-state index in [1.165, 1.54) is 5.56 Å². The van der Waals surface area contributed by atoms with Gasteiger partial charge in [-0.1, -0.05) is 18.2 Å². The molecule has 0 unspecified atom stereocenters. The van der Waals surface area contributed by atoms with Crippen molar-refractivity contribution in [3.8, 4) is 0 Å². The third-order valence-electron chi connectivity index (χ3n) is 6.21. The molecule has 22 heavy (non-hydrogen) atoms. The van der Waals surface area contributed by atoms with Crippen LogP contribution in [0.25, 0.3) is 0 Å². The highest BCUT2D eigenvalue weighted by Gasteiger charge is 2.47. The van der Waals surface area contributed by atoms with E-state index in [9.17, 15) is 4.79 Å². The van der Waals surface area contributed by atoms with E-state index in [-0.39, 0.29) is 12.1 Å². The van der Waals surface area contributed by atoms with Crippen LogP contribution >= 0.6 is 0 Å². The van der Waals surface area contributed by atoms with Crippen LogP contribution in [0.2, 0.25) is 0 Å². The summed E-state index contributed by atoms with van der Waals surface area (Å²) in [6, 6.07) is 8.77. The average Bonchev–Trinajstić information content (AvgIpc) is 2.91. The molecule has 1 amide bonds. The average molecular weight is 300 g/mol. The summed E-state index contributed by atoms with van der Waals surface area (Å²) in [4.78, 5) is 17.9. The summed E-state index contributed by atoms with van der Waals surface area (Å²) in [5.74, 6) is 0.327. The van der Waals surface area contributed by atoms with Gasteiger partial charge in [-0.15, -0.1) is 0 Å². The lowest BCUT2D eigenvalue weighted by Crippen LogP contribution is -2.72. The Kier molecular flexibility index (Phi) is 3.27. The minimum Gasteiger partial charge on any atom is -0.310 e. The van der Waals surface area contributed by atoms with Crippen molar-refractivity contribution in [1.29, 1.82) is 0 Å². The molecule has 2 atom stereocenters. The Morgan fingerprint density at radius 3 is 2.50 bits per heavy atom. The molecule has 5 rings (SSSR count). The lowest BCUT2D eigenvalue weighted by molar-refractivity contribution is -0.953. The largest absolute Gasteiger partial charge is 0.310 e. The number of rotatable bonds is 2. The Bertz CT molecular complexity index is 578. The summed E-state index contributed by atoms with van der Waals surface area (Å²) in [7, 11) is 0. The highest BCUT2D eigenvalue weighted by atomic mass is 16.2. The summed E-state index contributed by atoms with van der Waals surface area (Å²) < 4.78 is 1.00. The van der Waals surface area contributed by atoms with Crippen molar-refractivity contribution in [2.75, 3.05) is 44.2 Å². The number of anilines is 1. The molecule has 0 spiro atoms. The number of carbonyl (C=O) groups excluding carboxylic acids is 1. The molecule has 4 heterocycles. The van der Waals surface area contributed by atoms with Gasteiger partial charge in [-0.2, -0.15) is 0 Å². The molecule has 0 saturated carbocycles. The molecule has 0 aromatic heterocycles. The van der Waals surface area contributed by atoms with E-state index in [2.05, 4.69) is 41.8 Å². The van der Waals surface area contributed by atoms with Crippen molar-refractivity contribution >= 4 is 11.6 Å². The molecule has 0 radical (unpaired) electrons. The maximum atomic E-state index is 13.3. The van der Waals surface area contributed by atoms with Gasteiger partial charge in [0.15, 0.2) is 6.04 Å². The molecule has 0 N–H and O–H groups in total. The fourth-order valence-electron chi connectivity index (χ4n) is 4.61. The van der Waals surface area contributed by atoms with Crippen LogP contribution in [0.4, 0.5) is 5.69 Å². The number of hydrogen-bond donors (Lipinski definition) is 0. The van der Waals surface area contributed by atoms with E-state index in [0.717, 1.165) is 55.9 Å². The quantitative estimate of drug-likeness (QED) is 0.773. The third-order valence-corrected chi connectivity index (χ3v) is 6.21. The molecule has 3 saturated heterocycles. The second-order valence-electron chi connectivity index (χ2n) is 7.30. The molecule has 2 bridgehead atoms. The first-order chi connectivity index (χ1) is 10.6. The van der Waals surface area contributed by atoms with Gasteiger partial charge < -0.3 is 9.38 Å². The van der Waals surface area contributed by atoms with Gasteiger partial charge in [-0.05, 0) is 31.9 Å². The number of nitrogens with zero attached hydrogens (tertiary/aromatic N) is 3. The molecule has 4 aliphatic rings. The number of fused-ring (bicyclic) bond motifs is 4. The summed E-state index contributed by atoms with van der Waals surface area (Å²) in [5, 5.41) is 0. The molecule has 4 heteroatoms. The van der Waals surface area contributed by atoms with Crippen LogP contribution in [0.5, 0.6) is 0 Å². The molecule has 1 aromatic rings. The van der Waals surface area contributed by atoms with E-state index in [1.807, 2.05) is 6.07 Å². The lowest BCUT2D eigenvalue weighted by Gasteiger charge is -2.53. The van der Waals surface area contributed by atoms with Crippen molar-refractivity contribution in [2.45, 2.75) is 32.4 Å². The number of benzene rings is 1. The summed E-state index contributed by atoms with van der Waals surface area (Å²) >= 11 is 0. The van der Waals surface area contributed by atoms with Crippen molar-refractivity contribution < 1.29 is 9.28 Å². The summed E-state index contributed by atoms with van der Waals surface area (Å²) in [5.41, 5.74) is 2.46. The van der Waals surface area contributed by atoms with Gasteiger partial charge >= 0.3 is 0 Å². The smallest absolute Gasteiger partial charge is 0.285 e. The van der Waals surface area contributed by atoms with E-state index in [0.29, 0.717) is 5.91 Å². The van der Waals surface area contributed by atoms with Gasteiger partial charge in [0.05, 0.1) is 19.6 Å². The SMILES string of the molecule is C[C@@H]1Cc2ccccc2N1C(=O)[C@@H](C)[N+]12CCN(CC1)CC2. The first kappa shape index (κ1) is 14.2. The van der Waals surface area contributed by atoms with Crippen molar-refractivity contribution in [1.82, 2.24) is 4.90 Å². The second-order valence-corrected chi connectivity index (χ2v) is 7.30. The minimum absolute atomic E-state index is 0.0797. The number of para-hydroxylation sites is 1. The molecule has 0 aliphatic carbocycles. The first-order valence-electron chi connectivity index (χ1n) is 8.60. The van der Waals surface area contributed by atoms with Crippen LogP contribution in [-0.4, -0.2) is 66.6 Å². The topological polar surface area (TPSA) is 23.6 Å². The molecule has 118 valence electrons. The second kappa shape index (κ2) is 5.07. The Hall–Kier alpha value is -1.39. The predicted molar refractivity (Wildman–Crippen MR) is 87.9 cm³/mol. The predicted octanol–water partition coefficient (Wildman–Crippen LogP) is 1.50. The third kappa shape index (κ3) is 2.01. The highest BCUT2D eigenvalue weighted by Crippen LogP contribution is 2.34. The molecule has 4 aliphatic heterocycles. The number of amides is 1. The van der Waals surface area contributed by atoms with E-state index < -0.39 is 0 Å². The number of hydrogen-bond acceptors (Lipinski definition) is 2. The minimum atomic E-state index is 0.0797. The number of quaternary nitrogens is 1. The summed E-state index contributed by atoms with van der Waals surface area (Å²) in [6.45, 7) is 11.2. The van der Waals surface area contributed by atoms with E-state index >= 15 is 0 Å². The zero-order chi connectivity index (χ0) is 15.3. The molecular weight excluding hydrogens is 274 g/mol. The van der Waals surface area contributed by atoms with Crippen molar-refractivity contribution in [3.05, 3.63) is 29.8 Å². The first-order valence-corrected chi connectivity index (χ1v) is 8.60. The fourth-order valence-corrected chi connectivity index (χ4v) is 4.61. The van der Waals surface area contributed by atoms with Crippen LogP contribution < -0.4 is 4.90 Å². The number of carbonyl (C=O) groups is 1. The Balaban J connectivity index is 1.61. The summed E-state index contributed by atoms with van der Waals surface area (Å²) in [6.07, 6.45) is 0.989. The van der Waals surface area contributed by atoms with Crippen molar-refractivity contribution in [2.24, 2.45) is 0 Å². The maximum Gasteiger partial charge on any atom is 0.285 e. The van der Waals surface area contributed by atoms with Crippen LogP contribution in [0.15, 0.2) is 24.3 Å². The molecule has 4 nitrogen and oxygen atoms in total. The van der Waals surface area contributed by atoms with Gasteiger partial charge in [-0.3, -0.25) is 9.69 Å². The van der Waals surface area contributed by atoms with E-state index in [1.54, 1.807) is 0 Å². The monoisotopic (exact) mass is 300 g/mol. The molecule has 3 fully saturated rings. The zero-order valence-corrected chi connectivity index (χ0v) is 13.7. The maximum absolute atomic E-state index is 13.3. The number of piperazine rings is 3. The Morgan fingerprint density at radius 1 is 1.18 bits per heavy atom. The van der Waals surface area contributed by atoms with Gasteiger partial charge in [0.25, 0.3) is 5.91 Å². The van der Waals surface area contributed by atoms with Crippen LogP contribution in [0, 0.1) is 0 Å². The van der Waals surface area contributed by atoms with Gasteiger partial charge in [0, 0.05) is 31.4 Å². The van der Waals surface area contributed by atoms with Gasteiger partial charge in [0.1, 0.15) is 0 Å². The van der Waals surface area contributed by atoms with E-state index in [4.69, 9.17) is 0 Å². The van der Waals surface area contributed by atoms with Gasteiger partial charge in [0.2, 0.25) is 0 Å². The van der Waals surface area contributed by atoms with Gasteiger partial charge in [-0.25, -0.2) is 0 Å². The fraction of sp³-hybridized carbons (Fsp3) is 0.611. The normalized spacial score (nSPS) is 34.5. The standard InChI is InChI=1S/C18H26N3O/c1-14-13-16-5-3-4-6-17(16)20(14)18(22)15(2)21-10-7-19(8-11-21)9-12-21/h3-6,14-15H,7-13H2,1-2H3/q+1/t14-,15-/m1/s1. The molecular formula is C18H26N3O+. The Labute approximate surface area is 132 Å². The van der Waals surface area contributed by atoms with Crippen LogP contribution in [-0.2, 0) is 11.2 Å². The highest BCUT2D eigenvalue weighted by molar-refractivity contribution is 5.98. The zero-order valence-electron chi connectivity index (χ0n) is 13.7. The van der Waals surface area contributed by atoms with Crippen LogP contribution in [0.1, 0.15) is 19.4 Å². The van der Waals surface area contributed by atoms with Crippen LogP contribution in [0.3, 0.4) is 0 Å². The Morgan fingerprint density at radius 2 is 1.82 bits per heavy atom. The lowest BCUT2D eigenvalue weighted by atomic mass is 10.0. The molecule has 1 aromatic carbocycles.